The fourth-order valence-electron chi connectivity index (χ4n) is 1.26. The lowest BCUT2D eigenvalue weighted by Gasteiger charge is -2.23. The minimum atomic E-state index is -0.506. The van der Waals surface area contributed by atoms with Gasteiger partial charge in [-0.3, -0.25) is 4.79 Å². The Kier molecular flexibility index (Phi) is 7.34. The van der Waals surface area contributed by atoms with Crippen LogP contribution in [0.4, 0.5) is 0 Å². The number of nitrogens with one attached hydrogen (secondary N) is 1. The molecule has 1 amide bonds. The van der Waals surface area contributed by atoms with Gasteiger partial charge in [0.05, 0.1) is 12.1 Å². The fraction of sp³-hybridized carbons (Fsp3) is 0.909. The van der Waals surface area contributed by atoms with Crippen LogP contribution < -0.4 is 11.1 Å². The van der Waals surface area contributed by atoms with Gasteiger partial charge in [-0.2, -0.15) is 0 Å². The van der Waals surface area contributed by atoms with Crippen LogP contribution in [0.15, 0.2) is 0 Å². The minimum absolute atomic E-state index is 0.0156. The Morgan fingerprint density at radius 3 is 2.40 bits per heavy atom. The van der Waals surface area contributed by atoms with E-state index in [2.05, 4.69) is 5.32 Å². The van der Waals surface area contributed by atoms with Crippen molar-refractivity contribution in [2.24, 2.45) is 5.73 Å². The van der Waals surface area contributed by atoms with Crippen molar-refractivity contribution in [2.45, 2.75) is 51.5 Å². The lowest BCUT2D eigenvalue weighted by Crippen LogP contribution is -2.46. The highest BCUT2D eigenvalue weighted by atomic mass is 16.3. The summed E-state index contributed by atoms with van der Waals surface area (Å²) >= 11 is 0. The van der Waals surface area contributed by atoms with Crippen LogP contribution in [-0.4, -0.2) is 29.7 Å². The maximum atomic E-state index is 11.4. The number of hydrogen-bond donors (Lipinski definition) is 3. The molecule has 4 heteroatoms. The van der Waals surface area contributed by atoms with Crippen LogP contribution in [0.5, 0.6) is 0 Å². The first-order valence-corrected chi connectivity index (χ1v) is 5.64. The summed E-state index contributed by atoms with van der Waals surface area (Å²) in [5.41, 5.74) is 4.86. The average Bonchev–Trinajstić information content (AvgIpc) is 2.17. The summed E-state index contributed by atoms with van der Waals surface area (Å²) in [6.07, 6.45) is 4.60. The molecule has 0 spiro atoms. The normalized spacial score (nSPS) is 11.5. The number of aliphatic hydroxyl groups excluding tert-OH is 1. The highest BCUT2D eigenvalue weighted by Crippen LogP contribution is 2.05. The van der Waals surface area contributed by atoms with E-state index in [0.29, 0.717) is 6.42 Å². The lowest BCUT2D eigenvalue weighted by molar-refractivity contribution is -0.123. The number of carbonyl (C=O) groups excluding carboxylic acids is 1. The first-order valence-electron chi connectivity index (χ1n) is 5.64. The van der Waals surface area contributed by atoms with Gasteiger partial charge in [-0.25, -0.2) is 0 Å². The van der Waals surface area contributed by atoms with Gasteiger partial charge in [0.1, 0.15) is 0 Å². The number of aliphatic hydroxyl groups is 1. The van der Waals surface area contributed by atoms with Crippen LogP contribution in [0.1, 0.15) is 46.0 Å². The Bertz CT molecular complexity index is 181. The predicted octanol–water partition coefficient (Wildman–Crippen LogP) is 0.783. The van der Waals surface area contributed by atoms with E-state index in [1.54, 1.807) is 13.8 Å². The fourth-order valence-corrected chi connectivity index (χ4v) is 1.26. The predicted molar refractivity (Wildman–Crippen MR) is 61.4 cm³/mol. The van der Waals surface area contributed by atoms with Crippen LogP contribution in [0.3, 0.4) is 0 Å². The van der Waals surface area contributed by atoms with Gasteiger partial charge in [-0.15, -0.1) is 0 Å². The Hall–Kier alpha value is -0.610. The van der Waals surface area contributed by atoms with E-state index in [-0.39, 0.29) is 12.5 Å². The molecule has 90 valence electrons. The van der Waals surface area contributed by atoms with E-state index in [9.17, 15) is 4.79 Å². The number of amides is 1. The SMILES string of the molecule is CC(C)(CO)NC(=O)CCCCCCN. The van der Waals surface area contributed by atoms with Crippen molar-refractivity contribution >= 4 is 5.91 Å². The third-order valence-corrected chi connectivity index (χ3v) is 2.23. The second-order valence-corrected chi connectivity index (χ2v) is 4.54. The standard InChI is InChI=1S/C11H24N2O2/c1-11(2,9-14)13-10(15)7-5-3-4-6-8-12/h14H,3-9,12H2,1-2H3,(H,13,15). The number of hydrogen-bond acceptors (Lipinski definition) is 3. The number of nitrogens with two attached hydrogens (primary N) is 1. The van der Waals surface area contributed by atoms with E-state index in [0.717, 1.165) is 32.2 Å². The molecule has 0 heterocycles. The number of rotatable bonds is 8. The maximum Gasteiger partial charge on any atom is 0.220 e. The largest absolute Gasteiger partial charge is 0.394 e. The molecule has 0 aromatic carbocycles. The van der Waals surface area contributed by atoms with Crippen molar-refractivity contribution in [3.63, 3.8) is 0 Å². The highest BCUT2D eigenvalue weighted by molar-refractivity contribution is 5.76. The lowest BCUT2D eigenvalue weighted by atomic mass is 10.1. The minimum Gasteiger partial charge on any atom is -0.394 e. The van der Waals surface area contributed by atoms with Crippen molar-refractivity contribution in [3.8, 4) is 0 Å². The van der Waals surface area contributed by atoms with Gasteiger partial charge in [-0.05, 0) is 33.2 Å². The molecule has 0 unspecified atom stereocenters. The number of carbonyl (C=O) groups is 1. The molecule has 0 aromatic rings. The van der Waals surface area contributed by atoms with E-state index in [1.807, 2.05) is 0 Å². The van der Waals surface area contributed by atoms with Crippen molar-refractivity contribution in [1.82, 2.24) is 5.32 Å². The molecule has 0 saturated carbocycles. The second kappa shape index (κ2) is 7.65. The molecule has 0 radical (unpaired) electrons. The zero-order valence-electron chi connectivity index (χ0n) is 9.88. The van der Waals surface area contributed by atoms with E-state index < -0.39 is 5.54 Å². The van der Waals surface area contributed by atoms with E-state index in [4.69, 9.17) is 10.8 Å². The summed E-state index contributed by atoms with van der Waals surface area (Å²) in [7, 11) is 0. The van der Waals surface area contributed by atoms with Crippen LogP contribution >= 0.6 is 0 Å². The first kappa shape index (κ1) is 14.4. The Morgan fingerprint density at radius 2 is 1.87 bits per heavy atom. The average molecular weight is 216 g/mol. The molecule has 4 nitrogen and oxygen atoms in total. The molecule has 0 aliphatic carbocycles. The zero-order valence-corrected chi connectivity index (χ0v) is 9.88. The summed E-state index contributed by atoms with van der Waals surface area (Å²) in [6, 6.07) is 0. The molecular formula is C11H24N2O2. The quantitative estimate of drug-likeness (QED) is 0.525. The summed E-state index contributed by atoms with van der Waals surface area (Å²) < 4.78 is 0. The van der Waals surface area contributed by atoms with Gasteiger partial charge in [0.25, 0.3) is 0 Å². The van der Waals surface area contributed by atoms with Crippen molar-refractivity contribution < 1.29 is 9.90 Å². The Labute approximate surface area is 92.2 Å². The molecule has 0 rings (SSSR count). The zero-order chi connectivity index (χ0) is 11.7. The highest BCUT2D eigenvalue weighted by Gasteiger charge is 2.18. The Balaban J connectivity index is 3.49. The van der Waals surface area contributed by atoms with Gasteiger partial charge < -0.3 is 16.2 Å². The molecular weight excluding hydrogens is 192 g/mol. The van der Waals surface area contributed by atoms with Gasteiger partial charge >= 0.3 is 0 Å². The monoisotopic (exact) mass is 216 g/mol. The summed E-state index contributed by atoms with van der Waals surface area (Å²) in [6.45, 7) is 4.30. The maximum absolute atomic E-state index is 11.4. The smallest absolute Gasteiger partial charge is 0.220 e. The van der Waals surface area contributed by atoms with Crippen molar-refractivity contribution in [1.29, 1.82) is 0 Å². The van der Waals surface area contributed by atoms with Crippen molar-refractivity contribution in [3.05, 3.63) is 0 Å². The number of unbranched alkanes of at least 4 members (excludes halogenated alkanes) is 3. The third kappa shape index (κ3) is 8.39. The Morgan fingerprint density at radius 1 is 1.27 bits per heavy atom. The van der Waals surface area contributed by atoms with Crippen molar-refractivity contribution in [2.75, 3.05) is 13.2 Å². The van der Waals surface area contributed by atoms with Gasteiger partial charge in [-0.1, -0.05) is 12.8 Å². The molecule has 15 heavy (non-hydrogen) atoms. The van der Waals surface area contributed by atoms with Crippen LogP contribution in [0.2, 0.25) is 0 Å². The molecule has 4 N–H and O–H groups in total. The molecule has 0 bridgehead atoms. The molecule has 0 fully saturated rings. The van der Waals surface area contributed by atoms with Gasteiger partial charge in [0.15, 0.2) is 0 Å². The van der Waals surface area contributed by atoms with Gasteiger partial charge in [0, 0.05) is 6.42 Å². The molecule has 0 aliphatic rings. The topological polar surface area (TPSA) is 75.3 Å². The van der Waals surface area contributed by atoms with E-state index in [1.165, 1.54) is 0 Å². The van der Waals surface area contributed by atoms with E-state index >= 15 is 0 Å². The third-order valence-electron chi connectivity index (χ3n) is 2.23. The summed E-state index contributed by atoms with van der Waals surface area (Å²) in [5, 5.41) is 11.7. The van der Waals surface area contributed by atoms with Crippen LogP contribution in [-0.2, 0) is 4.79 Å². The molecule has 0 saturated heterocycles. The molecule has 0 atom stereocenters. The first-order chi connectivity index (χ1) is 7.02. The van der Waals surface area contributed by atoms with Crippen LogP contribution in [0.25, 0.3) is 0 Å². The molecule has 0 aromatic heterocycles. The van der Waals surface area contributed by atoms with Gasteiger partial charge in [0.2, 0.25) is 5.91 Å². The molecule has 0 aliphatic heterocycles. The summed E-state index contributed by atoms with van der Waals surface area (Å²) in [4.78, 5) is 11.4. The summed E-state index contributed by atoms with van der Waals surface area (Å²) in [5.74, 6) is 0.0156. The van der Waals surface area contributed by atoms with Crippen LogP contribution in [0, 0.1) is 0 Å². The second-order valence-electron chi connectivity index (χ2n) is 4.54.